The van der Waals surface area contributed by atoms with Crippen molar-refractivity contribution in [3.8, 4) is 0 Å². The van der Waals surface area contributed by atoms with Gasteiger partial charge in [0.05, 0.1) is 6.20 Å². The quantitative estimate of drug-likeness (QED) is 0.674. The Balaban J connectivity index is 2.44. The second-order valence-electron chi connectivity index (χ2n) is 2.76. The predicted octanol–water partition coefficient (Wildman–Crippen LogP) is 0.228. The summed E-state index contributed by atoms with van der Waals surface area (Å²) >= 11 is 0. The fourth-order valence-electron chi connectivity index (χ4n) is 0.921. The van der Waals surface area contributed by atoms with E-state index >= 15 is 0 Å². The fraction of sp³-hybridized carbons (Fsp3) is 0.333. The Morgan fingerprint density at radius 3 is 3.07 bits per heavy atom. The normalized spacial score (nSPS) is 10.7. The summed E-state index contributed by atoms with van der Waals surface area (Å²) in [6.07, 6.45) is 5.06. The van der Waals surface area contributed by atoms with Crippen LogP contribution in [0.15, 0.2) is 22.9 Å². The molecule has 3 N–H and O–H groups in total. The summed E-state index contributed by atoms with van der Waals surface area (Å²) in [6.45, 7) is 2.68. The van der Waals surface area contributed by atoms with Crippen molar-refractivity contribution in [3.05, 3.63) is 29.7 Å². The number of hydrogen-bond donors (Lipinski definition) is 2. The third-order valence-corrected chi connectivity index (χ3v) is 1.64. The monoisotopic (exact) mass is 195 g/mol. The van der Waals surface area contributed by atoms with Gasteiger partial charge in [0.2, 0.25) is 5.76 Å². The molecule has 0 aliphatic rings. The summed E-state index contributed by atoms with van der Waals surface area (Å²) in [7, 11) is 0. The minimum absolute atomic E-state index is 0.256. The van der Waals surface area contributed by atoms with Crippen LogP contribution in [0.25, 0.3) is 0 Å². The average Bonchev–Trinajstić information content (AvgIpc) is 2.59. The summed E-state index contributed by atoms with van der Waals surface area (Å²) in [5, 5.41) is 6.16. The van der Waals surface area contributed by atoms with Crippen molar-refractivity contribution in [1.82, 2.24) is 10.5 Å². The van der Waals surface area contributed by atoms with Crippen LogP contribution < -0.4 is 11.1 Å². The lowest BCUT2D eigenvalue weighted by molar-refractivity contribution is 0.0920. The Bertz CT molecular complexity index is 331. The molecule has 5 heteroatoms. The van der Waals surface area contributed by atoms with Crippen LogP contribution in [0, 0.1) is 6.92 Å². The third kappa shape index (κ3) is 2.70. The number of nitrogens with one attached hydrogen (secondary N) is 1. The molecule has 0 radical (unpaired) electrons. The van der Waals surface area contributed by atoms with Gasteiger partial charge in [-0.1, -0.05) is 17.3 Å². The topological polar surface area (TPSA) is 81.2 Å². The van der Waals surface area contributed by atoms with Gasteiger partial charge in [-0.2, -0.15) is 0 Å². The molecule has 0 spiro atoms. The summed E-state index contributed by atoms with van der Waals surface area (Å²) < 4.78 is 4.77. The van der Waals surface area contributed by atoms with Crippen LogP contribution in [-0.4, -0.2) is 24.2 Å². The van der Waals surface area contributed by atoms with E-state index in [1.54, 1.807) is 19.1 Å². The fourth-order valence-corrected chi connectivity index (χ4v) is 0.921. The molecule has 0 aliphatic carbocycles. The molecule has 0 saturated carbocycles. The molecule has 5 nitrogen and oxygen atoms in total. The minimum atomic E-state index is -0.262. The van der Waals surface area contributed by atoms with E-state index in [1.807, 2.05) is 0 Å². The molecule has 1 heterocycles. The number of aromatic nitrogens is 1. The number of carbonyl (C=O) groups is 1. The van der Waals surface area contributed by atoms with E-state index in [0.29, 0.717) is 13.1 Å². The Hall–Kier alpha value is -1.62. The molecule has 1 aromatic heterocycles. The first kappa shape index (κ1) is 10.5. The Morgan fingerprint density at radius 1 is 1.71 bits per heavy atom. The number of nitrogens with two attached hydrogens (primary N) is 1. The SMILES string of the molecule is Cc1cnoc1C(=O)NC/C=C/CN. The number of rotatable bonds is 4. The van der Waals surface area contributed by atoms with Crippen LogP contribution in [0.4, 0.5) is 0 Å². The lowest BCUT2D eigenvalue weighted by Gasteiger charge is -1.98. The van der Waals surface area contributed by atoms with Crippen molar-refractivity contribution in [2.75, 3.05) is 13.1 Å². The van der Waals surface area contributed by atoms with Crippen LogP contribution in [-0.2, 0) is 0 Å². The van der Waals surface area contributed by atoms with Crippen molar-refractivity contribution in [2.45, 2.75) is 6.92 Å². The van der Waals surface area contributed by atoms with Crippen LogP contribution in [0.1, 0.15) is 16.1 Å². The molecular formula is C9H13N3O2. The van der Waals surface area contributed by atoms with Crippen molar-refractivity contribution in [2.24, 2.45) is 5.73 Å². The van der Waals surface area contributed by atoms with E-state index in [4.69, 9.17) is 10.3 Å². The van der Waals surface area contributed by atoms with E-state index in [2.05, 4.69) is 10.5 Å². The number of hydrogen-bond acceptors (Lipinski definition) is 4. The van der Waals surface area contributed by atoms with Gasteiger partial charge in [-0.25, -0.2) is 0 Å². The Labute approximate surface area is 81.9 Å². The smallest absolute Gasteiger partial charge is 0.290 e. The standard InChI is InChI=1S/C9H13N3O2/c1-7-6-12-14-8(7)9(13)11-5-3-2-4-10/h2-3,6H,4-5,10H2,1H3,(H,11,13)/b3-2+. The molecule has 1 amide bonds. The molecule has 0 fully saturated rings. The third-order valence-electron chi connectivity index (χ3n) is 1.64. The Kier molecular flexibility index (Phi) is 3.87. The number of nitrogens with zero attached hydrogens (tertiary/aromatic N) is 1. The second kappa shape index (κ2) is 5.18. The van der Waals surface area contributed by atoms with Gasteiger partial charge in [0.15, 0.2) is 0 Å². The highest BCUT2D eigenvalue weighted by Gasteiger charge is 2.12. The van der Waals surface area contributed by atoms with Crippen LogP contribution in [0.2, 0.25) is 0 Å². The summed E-state index contributed by atoms with van der Waals surface area (Å²) in [5.74, 6) is -0.00665. The highest BCUT2D eigenvalue weighted by Crippen LogP contribution is 2.04. The van der Waals surface area contributed by atoms with Gasteiger partial charge < -0.3 is 15.6 Å². The number of amides is 1. The first-order valence-electron chi connectivity index (χ1n) is 4.30. The van der Waals surface area contributed by atoms with Crippen molar-refractivity contribution in [1.29, 1.82) is 0 Å². The summed E-state index contributed by atoms with van der Waals surface area (Å²) in [5.41, 5.74) is 5.96. The Morgan fingerprint density at radius 2 is 2.50 bits per heavy atom. The van der Waals surface area contributed by atoms with Crippen LogP contribution in [0.5, 0.6) is 0 Å². The lowest BCUT2D eigenvalue weighted by Crippen LogP contribution is -2.23. The van der Waals surface area contributed by atoms with Gasteiger partial charge in [0.25, 0.3) is 5.91 Å². The first-order chi connectivity index (χ1) is 6.75. The highest BCUT2D eigenvalue weighted by atomic mass is 16.5. The maximum atomic E-state index is 11.4. The van der Waals surface area contributed by atoms with Gasteiger partial charge in [-0.15, -0.1) is 0 Å². The van der Waals surface area contributed by atoms with E-state index < -0.39 is 0 Å². The van der Waals surface area contributed by atoms with E-state index in [1.165, 1.54) is 6.20 Å². The van der Waals surface area contributed by atoms with Gasteiger partial charge in [-0.05, 0) is 6.92 Å². The lowest BCUT2D eigenvalue weighted by atomic mass is 10.3. The number of aryl methyl sites for hydroxylation is 1. The highest BCUT2D eigenvalue weighted by molar-refractivity contribution is 5.92. The van der Waals surface area contributed by atoms with E-state index in [-0.39, 0.29) is 11.7 Å². The maximum Gasteiger partial charge on any atom is 0.290 e. The molecule has 14 heavy (non-hydrogen) atoms. The van der Waals surface area contributed by atoms with Gasteiger partial charge >= 0.3 is 0 Å². The van der Waals surface area contributed by atoms with Crippen molar-refractivity contribution < 1.29 is 9.32 Å². The van der Waals surface area contributed by atoms with Crippen LogP contribution >= 0.6 is 0 Å². The van der Waals surface area contributed by atoms with E-state index in [9.17, 15) is 4.79 Å². The molecule has 1 rings (SSSR count). The molecule has 0 bridgehead atoms. The molecule has 0 aliphatic heterocycles. The second-order valence-corrected chi connectivity index (χ2v) is 2.76. The first-order valence-corrected chi connectivity index (χ1v) is 4.30. The largest absolute Gasteiger partial charge is 0.351 e. The van der Waals surface area contributed by atoms with Gasteiger partial charge in [-0.3, -0.25) is 4.79 Å². The zero-order valence-electron chi connectivity index (χ0n) is 7.99. The van der Waals surface area contributed by atoms with E-state index in [0.717, 1.165) is 5.56 Å². The molecular weight excluding hydrogens is 182 g/mol. The summed E-state index contributed by atoms with van der Waals surface area (Å²) in [4.78, 5) is 11.4. The molecule has 0 unspecified atom stereocenters. The minimum Gasteiger partial charge on any atom is -0.351 e. The maximum absolute atomic E-state index is 11.4. The number of carbonyl (C=O) groups excluding carboxylic acids is 1. The molecule has 1 aromatic rings. The average molecular weight is 195 g/mol. The predicted molar refractivity (Wildman–Crippen MR) is 51.8 cm³/mol. The molecule has 0 aromatic carbocycles. The molecule has 0 saturated heterocycles. The van der Waals surface area contributed by atoms with Gasteiger partial charge in [0.1, 0.15) is 0 Å². The van der Waals surface area contributed by atoms with Gasteiger partial charge in [0, 0.05) is 18.7 Å². The molecule has 76 valence electrons. The summed E-state index contributed by atoms with van der Waals surface area (Å²) in [6, 6.07) is 0. The van der Waals surface area contributed by atoms with Crippen LogP contribution in [0.3, 0.4) is 0 Å². The zero-order chi connectivity index (χ0) is 10.4. The van der Waals surface area contributed by atoms with Crippen molar-refractivity contribution in [3.63, 3.8) is 0 Å². The molecule has 0 atom stereocenters. The van der Waals surface area contributed by atoms with Crippen molar-refractivity contribution >= 4 is 5.91 Å². The zero-order valence-corrected chi connectivity index (χ0v) is 7.99.